The Morgan fingerprint density at radius 2 is 1.60 bits per heavy atom. The summed E-state index contributed by atoms with van der Waals surface area (Å²) in [6.07, 6.45) is -4.37. The van der Waals surface area contributed by atoms with Crippen molar-refractivity contribution < 1.29 is 27.4 Å². The lowest BCUT2D eigenvalue weighted by Crippen LogP contribution is -2.06. The Kier molecular flexibility index (Phi) is 7.84. The molecule has 1 aromatic heterocycles. The first-order chi connectivity index (χ1) is 14.5. The number of benzene rings is 2. The molecule has 0 spiro atoms. The smallest absolute Gasteiger partial charge is 0.416 e. The van der Waals surface area contributed by atoms with Gasteiger partial charge in [0.15, 0.2) is 0 Å². The molecule has 0 N–H and O–H groups in total. The fourth-order valence-corrected chi connectivity index (χ4v) is 3.61. The molecule has 2 aromatic carbocycles. The molecule has 4 nitrogen and oxygen atoms in total. The largest absolute Gasteiger partial charge is 0.488 e. The molecular weight excluding hydrogens is 415 g/mol. The normalized spacial score (nSPS) is 11.6. The number of hydrogen-bond donors (Lipinski definition) is 0. The maximum absolute atomic E-state index is 12.8. The molecule has 8 heteroatoms. The number of halogens is 3. The number of rotatable bonds is 10. The zero-order valence-corrected chi connectivity index (χ0v) is 17.3. The van der Waals surface area contributed by atoms with Crippen LogP contribution in [0.2, 0.25) is 0 Å². The molecule has 0 bridgehead atoms. The van der Waals surface area contributed by atoms with Crippen LogP contribution in [0.3, 0.4) is 0 Å². The first-order valence-electron chi connectivity index (χ1n) is 9.47. The zero-order valence-electron chi connectivity index (χ0n) is 16.4. The van der Waals surface area contributed by atoms with E-state index in [-0.39, 0.29) is 6.61 Å². The molecular formula is C22H22F3NO3S. The third kappa shape index (κ3) is 6.29. The van der Waals surface area contributed by atoms with E-state index >= 15 is 0 Å². The average molecular weight is 437 g/mol. The predicted octanol–water partition coefficient (Wildman–Crippen LogP) is 5.96. The van der Waals surface area contributed by atoms with Gasteiger partial charge in [0.1, 0.15) is 17.4 Å². The maximum Gasteiger partial charge on any atom is 0.416 e. The van der Waals surface area contributed by atoms with Crippen molar-refractivity contribution in [2.75, 3.05) is 19.8 Å². The minimum atomic E-state index is -4.37. The molecule has 30 heavy (non-hydrogen) atoms. The summed E-state index contributed by atoms with van der Waals surface area (Å²) in [7, 11) is 0. The first-order valence-corrected chi connectivity index (χ1v) is 10.3. The van der Waals surface area contributed by atoms with Gasteiger partial charge in [-0.25, -0.2) is 4.98 Å². The number of hydrogen-bond acceptors (Lipinski definition) is 5. The molecule has 0 saturated carbocycles. The molecule has 0 atom stereocenters. The van der Waals surface area contributed by atoms with Gasteiger partial charge in [-0.3, -0.25) is 0 Å². The average Bonchev–Trinajstić information content (AvgIpc) is 3.15. The van der Waals surface area contributed by atoms with Crippen LogP contribution in [0.15, 0.2) is 54.6 Å². The van der Waals surface area contributed by atoms with Crippen molar-refractivity contribution in [1.82, 2.24) is 4.98 Å². The van der Waals surface area contributed by atoms with Gasteiger partial charge >= 0.3 is 6.18 Å². The Morgan fingerprint density at radius 3 is 2.27 bits per heavy atom. The summed E-state index contributed by atoms with van der Waals surface area (Å²) in [5, 5.41) is 0.624. The molecule has 0 amide bonds. The second-order valence-corrected chi connectivity index (χ2v) is 7.40. The number of alkyl halides is 3. The van der Waals surface area contributed by atoms with Crippen molar-refractivity contribution in [2.45, 2.75) is 26.3 Å². The summed E-state index contributed by atoms with van der Waals surface area (Å²) >= 11 is 1.38. The van der Waals surface area contributed by atoms with Crippen LogP contribution >= 0.6 is 11.3 Å². The second kappa shape index (κ2) is 10.6. The Bertz CT molecular complexity index is 912. The zero-order chi connectivity index (χ0) is 21.4. The number of para-hydroxylation sites is 1. The van der Waals surface area contributed by atoms with E-state index in [1.165, 1.54) is 23.5 Å². The number of nitrogens with zero attached hydrogens (tertiary/aromatic N) is 1. The lowest BCUT2D eigenvalue weighted by Gasteiger charge is -2.07. The molecule has 3 rings (SSSR count). The quantitative estimate of drug-likeness (QED) is 0.367. The lowest BCUT2D eigenvalue weighted by molar-refractivity contribution is -0.137. The highest BCUT2D eigenvalue weighted by atomic mass is 32.1. The van der Waals surface area contributed by atoms with Crippen molar-refractivity contribution in [3.8, 4) is 16.3 Å². The van der Waals surface area contributed by atoms with E-state index < -0.39 is 11.7 Å². The molecule has 160 valence electrons. The van der Waals surface area contributed by atoms with Crippen LogP contribution in [0.5, 0.6) is 5.75 Å². The molecule has 0 aliphatic heterocycles. The van der Waals surface area contributed by atoms with E-state index in [0.29, 0.717) is 42.7 Å². The monoisotopic (exact) mass is 437 g/mol. The summed E-state index contributed by atoms with van der Waals surface area (Å²) in [6, 6.07) is 14.4. The van der Waals surface area contributed by atoms with Crippen LogP contribution in [-0.4, -0.2) is 24.8 Å². The Balaban J connectivity index is 1.76. The highest BCUT2D eigenvalue weighted by molar-refractivity contribution is 7.15. The van der Waals surface area contributed by atoms with Gasteiger partial charge in [-0.05, 0) is 31.2 Å². The summed E-state index contributed by atoms with van der Waals surface area (Å²) < 4.78 is 55.2. The van der Waals surface area contributed by atoms with Gasteiger partial charge < -0.3 is 14.2 Å². The molecule has 0 radical (unpaired) electrons. The van der Waals surface area contributed by atoms with E-state index in [2.05, 4.69) is 4.98 Å². The minimum Gasteiger partial charge on any atom is -0.488 e. The van der Waals surface area contributed by atoms with E-state index in [1.807, 2.05) is 37.3 Å². The van der Waals surface area contributed by atoms with Crippen LogP contribution in [0.1, 0.15) is 23.1 Å². The van der Waals surface area contributed by atoms with Gasteiger partial charge in [0.2, 0.25) is 0 Å². The van der Waals surface area contributed by atoms with Crippen molar-refractivity contribution in [3.63, 3.8) is 0 Å². The van der Waals surface area contributed by atoms with Gasteiger partial charge in [-0.15, -0.1) is 11.3 Å². The molecule has 0 fully saturated rings. The minimum absolute atomic E-state index is 0.275. The third-order valence-electron chi connectivity index (χ3n) is 4.17. The van der Waals surface area contributed by atoms with Crippen LogP contribution < -0.4 is 4.74 Å². The third-order valence-corrected chi connectivity index (χ3v) is 5.29. The van der Waals surface area contributed by atoms with E-state index in [0.717, 1.165) is 22.8 Å². The highest BCUT2D eigenvalue weighted by Gasteiger charge is 2.30. The standard InChI is InChI=1S/C22H22F3NO3S/c1-2-27-12-13-28-14-19-20(15-29-18-6-4-3-5-7-18)30-21(26-19)16-8-10-17(11-9-16)22(23,24)25/h3-11H,2,12-15H2,1H3. The maximum atomic E-state index is 12.8. The van der Waals surface area contributed by atoms with Crippen molar-refractivity contribution in [1.29, 1.82) is 0 Å². The fraction of sp³-hybridized carbons (Fsp3) is 0.318. The second-order valence-electron chi connectivity index (χ2n) is 6.32. The van der Waals surface area contributed by atoms with Crippen molar-refractivity contribution >= 4 is 11.3 Å². The Hall–Kier alpha value is -2.42. The van der Waals surface area contributed by atoms with Crippen molar-refractivity contribution in [3.05, 3.63) is 70.7 Å². The fourth-order valence-electron chi connectivity index (χ4n) is 2.63. The molecule has 0 saturated heterocycles. The van der Waals surface area contributed by atoms with Crippen LogP contribution in [0.25, 0.3) is 10.6 Å². The van der Waals surface area contributed by atoms with Gasteiger partial charge in [0.25, 0.3) is 0 Å². The van der Waals surface area contributed by atoms with E-state index in [9.17, 15) is 13.2 Å². The molecule has 0 aliphatic carbocycles. The summed E-state index contributed by atoms with van der Waals surface area (Å²) in [6.45, 7) is 4.02. The Labute approximate surface area is 177 Å². The molecule has 1 heterocycles. The predicted molar refractivity (Wildman–Crippen MR) is 109 cm³/mol. The molecule has 0 aliphatic rings. The molecule has 3 aromatic rings. The number of ether oxygens (including phenoxy) is 3. The topological polar surface area (TPSA) is 40.6 Å². The SMILES string of the molecule is CCOCCOCc1nc(-c2ccc(C(F)(F)F)cc2)sc1COc1ccccc1. The lowest BCUT2D eigenvalue weighted by atomic mass is 10.1. The summed E-state index contributed by atoms with van der Waals surface area (Å²) in [5.41, 5.74) is 0.645. The summed E-state index contributed by atoms with van der Waals surface area (Å²) in [4.78, 5) is 5.46. The van der Waals surface area contributed by atoms with Gasteiger partial charge in [-0.1, -0.05) is 30.3 Å². The summed E-state index contributed by atoms with van der Waals surface area (Å²) in [5.74, 6) is 0.727. The van der Waals surface area contributed by atoms with Gasteiger partial charge in [0, 0.05) is 12.2 Å². The van der Waals surface area contributed by atoms with Gasteiger partial charge in [-0.2, -0.15) is 13.2 Å². The van der Waals surface area contributed by atoms with Gasteiger partial charge in [0.05, 0.1) is 36.0 Å². The number of thiazole rings is 1. The Morgan fingerprint density at radius 1 is 0.900 bits per heavy atom. The van der Waals surface area contributed by atoms with E-state index in [4.69, 9.17) is 14.2 Å². The molecule has 0 unspecified atom stereocenters. The van der Waals surface area contributed by atoms with Crippen molar-refractivity contribution in [2.24, 2.45) is 0 Å². The van der Waals surface area contributed by atoms with Crippen LogP contribution in [0.4, 0.5) is 13.2 Å². The highest BCUT2D eigenvalue weighted by Crippen LogP contribution is 2.33. The first kappa shape index (κ1) is 22.3. The van der Waals surface area contributed by atoms with Crippen LogP contribution in [0, 0.1) is 0 Å². The van der Waals surface area contributed by atoms with E-state index in [1.54, 1.807) is 0 Å². The van der Waals surface area contributed by atoms with Crippen LogP contribution in [-0.2, 0) is 28.9 Å². The number of aromatic nitrogens is 1.